The summed E-state index contributed by atoms with van der Waals surface area (Å²) in [5, 5.41) is 3.29. The minimum Gasteiger partial charge on any atom is -0.439 e. The summed E-state index contributed by atoms with van der Waals surface area (Å²) in [6, 6.07) is 9.95. The van der Waals surface area contributed by atoms with Gasteiger partial charge in [0.05, 0.1) is 0 Å². The van der Waals surface area contributed by atoms with Crippen molar-refractivity contribution < 1.29 is 4.74 Å². The van der Waals surface area contributed by atoms with Crippen LogP contribution in [0.15, 0.2) is 41.0 Å². The topological polar surface area (TPSA) is 34.2 Å². The van der Waals surface area contributed by atoms with E-state index in [2.05, 4.69) is 55.7 Å². The summed E-state index contributed by atoms with van der Waals surface area (Å²) in [5.74, 6) is 1.45. The van der Waals surface area contributed by atoms with Crippen molar-refractivity contribution in [2.45, 2.75) is 13.5 Å². The van der Waals surface area contributed by atoms with Crippen molar-refractivity contribution in [2.75, 3.05) is 6.54 Å². The lowest BCUT2D eigenvalue weighted by Gasteiger charge is -2.11. The SMILES string of the molecule is CCNCc1cc(Br)cnc1Oc1cccc(I)c1. The lowest BCUT2D eigenvalue weighted by molar-refractivity contribution is 0.453. The number of nitrogens with one attached hydrogen (secondary N) is 1. The van der Waals surface area contributed by atoms with Gasteiger partial charge in [0.2, 0.25) is 5.88 Å². The first kappa shape index (κ1) is 14.7. The second-order valence-electron chi connectivity index (χ2n) is 3.96. The van der Waals surface area contributed by atoms with Crippen LogP contribution in [0.1, 0.15) is 12.5 Å². The summed E-state index contributed by atoms with van der Waals surface area (Å²) in [5.41, 5.74) is 1.04. The molecular weight excluding hydrogens is 419 g/mol. The van der Waals surface area contributed by atoms with Crippen LogP contribution >= 0.6 is 38.5 Å². The molecule has 0 spiro atoms. The summed E-state index contributed by atoms with van der Waals surface area (Å²) in [6.45, 7) is 3.73. The van der Waals surface area contributed by atoms with Crippen molar-refractivity contribution in [1.82, 2.24) is 10.3 Å². The Bertz CT molecular complexity index is 563. The standard InChI is InChI=1S/C14H14BrIN2O/c1-2-17-8-10-6-11(15)9-18-14(10)19-13-5-3-4-12(16)7-13/h3-7,9,17H,2,8H2,1H3. The third-order valence-corrected chi connectivity index (χ3v) is 3.57. The molecule has 100 valence electrons. The molecule has 0 saturated carbocycles. The maximum absolute atomic E-state index is 5.87. The molecule has 0 atom stereocenters. The van der Waals surface area contributed by atoms with Gasteiger partial charge >= 0.3 is 0 Å². The minimum atomic E-state index is 0.645. The highest BCUT2D eigenvalue weighted by Crippen LogP contribution is 2.26. The van der Waals surface area contributed by atoms with Crippen LogP contribution in [-0.4, -0.2) is 11.5 Å². The third-order valence-electron chi connectivity index (χ3n) is 2.47. The number of benzene rings is 1. The highest BCUT2D eigenvalue weighted by molar-refractivity contribution is 14.1. The van der Waals surface area contributed by atoms with Gasteiger partial charge in [-0.2, -0.15) is 0 Å². The van der Waals surface area contributed by atoms with E-state index >= 15 is 0 Å². The van der Waals surface area contributed by atoms with E-state index in [1.54, 1.807) is 6.20 Å². The molecule has 0 bridgehead atoms. The molecule has 0 saturated heterocycles. The van der Waals surface area contributed by atoms with Crippen LogP contribution in [0.25, 0.3) is 0 Å². The van der Waals surface area contributed by atoms with Gasteiger partial charge in [-0.1, -0.05) is 13.0 Å². The summed E-state index contributed by atoms with van der Waals surface area (Å²) in [7, 11) is 0. The number of hydrogen-bond donors (Lipinski definition) is 1. The summed E-state index contributed by atoms with van der Waals surface area (Å²) >= 11 is 5.70. The van der Waals surface area contributed by atoms with Crippen LogP contribution in [0.3, 0.4) is 0 Å². The Morgan fingerprint density at radius 3 is 2.95 bits per heavy atom. The van der Waals surface area contributed by atoms with Crippen LogP contribution in [0.5, 0.6) is 11.6 Å². The van der Waals surface area contributed by atoms with Gasteiger partial charge in [0.15, 0.2) is 0 Å². The molecule has 19 heavy (non-hydrogen) atoms. The monoisotopic (exact) mass is 432 g/mol. The molecule has 0 aliphatic heterocycles. The largest absolute Gasteiger partial charge is 0.439 e. The van der Waals surface area contributed by atoms with E-state index in [9.17, 15) is 0 Å². The molecular formula is C14H14BrIN2O. The third kappa shape index (κ3) is 4.43. The Morgan fingerprint density at radius 2 is 2.21 bits per heavy atom. The molecule has 0 fully saturated rings. The second-order valence-corrected chi connectivity index (χ2v) is 6.12. The maximum Gasteiger partial charge on any atom is 0.223 e. The number of halogens is 2. The van der Waals surface area contributed by atoms with Gasteiger partial charge in [0.1, 0.15) is 5.75 Å². The Kier molecular flexibility index (Phi) is 5.59. The zero-order valence-electron chi connectivity index (χ0n) is 10.5. The fraction of sp³-hybridized carbons (Fsp3) is 0.214. The first-order chi connectivity index (χ1) is 9.19. The highest BCUT2D eigenvalue weighted by Gasteiger charge is 2.07. The molecule has 1 aromatic heterocycles. The Hall–Kier alpha value is -0.660. The lowest BCUT2D eigenvalue weighted by atomic mass is 10.2. The van der Waals surface area contributed by atoms with Crippen molar-refractivity contribution >= 4 is 38.5 Å². The molecule has 5 heteroatoms. The molecule has 2 rings (SSSR count). The van der Waals surface area contributed by atoms with E-state index in [1.807, 2.05) is 30.3 Å². The van der Waals surface area contributed by atoms with Crippen molar-refractivity contribution in [2.24, 2.45) is 0 Å². The van der Waals surface area contributed by atoms with Gasteiger partial charge in [-0.3, -0.25) is 0 Å². The zero-order valence-corrected chi connectivity index (χ0v) is 14.2. The zero-order chi connectivity index (χ0) is 13.7. The van der Waals surface area contributed by atoms with Crippen LogP contribution in [0.2, 0.25) is 0 Å². The van der Waals surface area contributed by atoms with Gasteiger partial charge < -0.3 is 10.1 Å². The molecule has 2 aromatic rings. The fourth-order valence-corrected chi connectivity index (χ4v) is 2.48. The smallest absolute Gasteiger partial charge is 0.223 e. The molecule has 1 heterocycles. The molecule has 1 N–H and O–H groups in total. The lowest BCUT2D eigenvalue weighted by Crippen LogP contribution is -2.12. The van der Waals surface area contributed by atoms with Crippen LogP contribution in [0, 0.1) is 3.57 Å². The molecule has 3 nitrogen and oxygen atoms in total. The normalized spacial score (nSPS) is 10.5. The number of aromatic nitrogens is 1. The van der Waals surface area contributed by atoms with E-state index in [0.29, 0.717) is 5.88 Å². The van der Waals surface area contributed by atoms with Gasteiger partial charge in [0, 0.05) is 26.3 Å². The molecule has 0 aliphatic rings. The summed E-state index contributed by atoms with van der Waals surface area (Å²) in [6.07, 6.45) is 1.75. The average Bonchev–Trinajstić information content (AvgIpc) is 2.39. The second kappa shape index (κ2) is 7.21. The minimum absolute atomic E-state index is 0.645. The Labute approximate surface area is 135 Å². The number of ether oxygens (including phenoxy) is 1. The first-order valence-electron chi connectivity index (χ1n) is 5.97. The van der Waals surface area contributed by atoms with Crippen LogP contribution < -0.4 is 10.1 Å². The predicted octanol–water partition coefficient (Wildman–Crippen LogP) is 4.35. The highest BCUT2D eigenvalue weighted by atomic mass is 127. The first-order valence-corrected chi connectivity index (χ1v) is 7.84. The molecule has 0 aliphatic carbocycles. The molecule has 0 radical (unpaired) electrons. The average molecular weight is 433 g/mol. The van der Waals surface area contributed by atoms with Gasteiger partial charge in [-0.15, -0.1) is 0 Å². The fourth-order valence-electron chi connectivity index (χ4n) is 1.59. The van der Waals surface area contributed by atoms with Crippen molar-refractivity contribution in [3.63, 3.8) is 0 Å². The van der Waals surface area contributed by atoms with Crippen molar-refractivity contribution in [3.05, 3.63) is 50.1 Å². The van der Waals surface area contributed by atoms with Crippen molar-refractivity contribution in [3.8, 4) is 11.6 Å². The van der Waals surface area contributed by atoms with Crippen LogP contribution in [-0.2, 0) is 6.54 Å². The Morgan fingerprint density at radius 1 is 1.37 bits per heavy atom. The maximum atomic E-state index is 5.87. The van der Waals surface area contributed by atoms with Gasteiger partial charge in [0.25, 0.3) is 0 Å². The van der Waals surface area contributed by atoms with Crippen molar-refractivity contribution in [1.29, 1.82) is 0 Å². The van der Waals surface area contributed by atoms with Gasteiger partial charge in [-0.05, 0) is 69.3 Å². The van der Waals surface area contributed by atoms with E-state index in [-0.39, 0.29) is 0 Å². The molecule has 0 unspecified atom stereocenters. The molecule has 0 amide bonds. The summed E-state index contributed by atoms with van der Waals surface area (Å²) < 4.78 is 7.96. The van der Waals surface area contributed by atoms with E-state index in [0.717, 1.165) is 32.4 Å². The van der Waals surface area contributed by atoms with E-state index in [4.69, 9.17) is 4.74 Å². The quantitative estimate of drug-likeness (QED) is 0.713. The summed E-state index contributed by atoms with van der Waals surface area (Å²) in [4.78, 5) is 4.34. The predicted molar refractivity (Wildman–Crippen MR) is 88.6 cm³/mol. The Balaban J connectivity index is 2.23. The van der Waals surface area contributed by atoms with E-state index < -0.39 is 0 Å². The number of hydrogen-bond acceptors (Lipinski definition) is 3. The molecule has 1 aromatic carbocycles. The number of nitrogens with zero attached hydrogens (tertiary/aromatic N) is 1. The van der Waals surface area contributed by atoms with Gasteiger partial charge in [-0.25, -0.2) is 4.98 Å². The van der Waals surface area contributed by atoms with E-state index in [1.165, 1.54) is 0 Å². The number of rotatable bonds is 5. The number of pyridine rings is 1. The van der Waals surface area contributed by atoms with Crippen LogP contribution in [0.4, 0.5) is 0 Å².